The molecule has 10 heteroatoms. The van der Waals surface area contributed by atoms with E-state index in [2.05, 4.69) is 21.1 Å². The van der Waals surface area contributed by atoms with Crippen molar-refractivity contribution < 1.29 is 14.3 Å². The summed E-state index contributed by atoms with van der Waals surface area (Å²) in [6.45, 7) is 0. The van der Waals surface area contributed by atoms with Crippen LogP contribution in [0.2, 0.25) is 0 Å². The van der Waals surface area contributed by atoms with E-state index in [-0.39, 0.29) is 18.7 Å². The van der Waals surface area contributed by atoms with Gasteiger partial charge in [0.1, 0.15) is 6.34 Å². The Morgan fingerprint density at radius 2 is 1.90 bits per heavy atom. The van der Waals surface area contributed by atoms with Crippen LogP contribution in [-0.4, -0.2) is 50.3 Å². The number of nitrogens with one attached hydrogen (secondary N) is 4. The minimum absolute atomic E-state index is 0.145. The molecule has 0 rings (SSSR count). The fourth-order valence-electron chi connectivity index (χ4n) is 1.44. The number of hydrazine groups is 1. The van der Waals surface area contributed by atoms with Gasteiger partial charge in [0.15, 0.2) is 0 Å². The van der Waals surface area contributed by atoms with Crippen LogP contribution in [0.15, 0.2) is 4.99 Å². The Hall–Kier alpha value is -1.75. The van der Waals surface area contributed by atoms with Crippen LogP contribution in [0.1, 0.15) is 25.7 Å². The topological polar surface area (TPSA) is 145 Å². The van der Waals surface area contributed by atoms with E-state index >= 15 is 0 Å². The average Bonchev–Trinajstić information content (AvgIpc) is 2.47. The fourth-order valence-corrected chi connectivity index (χ4v) is 1.44. The first kappa shape index (κ1) is 19.2. The van der Waals surface area contributed by atoms with E-state index in [1.165, 1.54) is 13.4 Å². The van der Waals surface area contributed by atoms with E-state index in [4.69, 9.17) is 16.4 Å². The van der Waals surface area contributed by atoms with Crippen molar-refractivity contribution in [2.24, 2.45) is 10.8 Å². The summed E-state index contributed by atoms with van der Waals surface area (Å²) in [5.41, 5.74) is 2.22. The Labute approximate surface area is 124 Å². The molecule has 0 unspecified atom stereocenters. The van der Waals surface area contributed by atoms with Crippen LogP contribution in [0.3, 0.4) is 0 Å². The van der Waals surface area contributed by atoms with Crippen molar-refractivity contribution in [3.8, 4) is 0 Å². The van der Waals surface area contributed by atoms with Gasteiger partial charge in [0.05, 0.1) is 0 Å². The van der Waals surface area contributed by atoms with Gasteiger partial charge in [-0.3, -0.25) is 9.59 Å². The highest BCUT2D eigenvalue weighted by atomic mass is 16.6. The second kappa shape index (κ2) is 10.0. The molecule has 0 heterocycles. The molecular weight excluding hydrogens is 278 g/mol. The minimum atomic E-state index is -1.39. The number of aliphatic imine (C=N–C) groups is 1. The van der Waals surface area contributed by atoms with Gasteiger partial charge < -0.3 is 21.0 Å². The SMILES string of the molecule is CNC(N=CNN)(NC)OC(=O)CCCCC(=O)N(C)[NH-]. The number of nitrogens with two attached hydrogens (primary N) is 1. The fraction of sp³-hybridized carbons (Fsp3) is 0.727. The number of nitrogens with zero attached hydrogens (tertiary/aromatic N) is 2. The van der Waals surface area contributed by atoms with Crippen molar-refractivity contribution in [3.05, 3.63) is 5.84 Å². The maximum absolute atomic E-state index is 11.8. The highest BCUT2D eigenvalue weighted by molar-refractivity contribution is 5.76. The molecule has 0 aliphatic heterocycles. The molecular formula is C11H24N7O3-. The number of amides is 1. The van der Waals surface area contributed by atoms with Crippen LogP contribution in [0.4, 0.5) is 0 Å². The van der Waals surface area contributed by atoms with Gasteiger partial charge in [-0.1, -0.05) is 0 Å². The smallest absolute Gasteiger partial charge is 0.324 e. The number of carbonyl (C=O) groups is 2. The summed E-state index contributed by atoms with van der Waals surface area (Å²) < 4.78 is 5.21. The highest BCUT2D eigenvalue weighted by Crippen LogP contribution is 2.09. The van der Waals surface area contributed by atoms with Gasteiger partial charge in [0, 0.05) is 12.8 Å². The number of esters is 1. The summed E-state index contributed by atoms with van der Waals surface area (Å²) in [5.74, 6) is 10.0. The predicted octanol–water partition coefficient (Wildman–Crippen LogP) is -0.943. The molecule has 0 aromatic carbocycles. The summed E-state index contributed by atoms with van der Waals surface area (Å²) in [6.07, 6.45) is 2.55. The van der Waals surface area contributed by atoms with E-state index < -0.39 is 11.9 Å². The van der Waals surface area contributed by atoms with Gasteiger partial charge in [-0.2, -0.15) is 4.99 Å². The number of unbranched alkanes of at least 4 members (excludes halogenated alkanes) is 1. The van der Waals surface area contributed by atoms with Crippen molar-refractivity contribution in [3.63, 3.8) is 0 Å². The largest absolute Gasteiger partial charge is 0.581 e. The summed E-state index contributed by atoms with van der Waals surface area (Å²) in [7, 11) is 4.51. The summed E-state index contributed by atoms with van der Waals surface area (Å²) in [5, 5.41) is 6.22. The zero-order valence-corrected chi connectivity index (χ0v) is 12.6. The van der Waals surface area contributed by atoms with Crippen LogP contribution in [-0.2, 0) is 14.3 Å². The first-order chi connectivity index (χ1) is 9.90. The maximum atomic E-state index is 11.8. The third-order valence-electron chi connectivity index (χ3n) is 2.66. The molecule has 10 nitrogen and oxygen atoms in total. The van der Waals surface area contributed by atoms with Crippen molar-refractivity contribution in [1.82, 2.24) is 21.1 Å². The molecule has 0 aromatic rings. The Morgan fingerprint density at radius 3 is 2.38 bits per heavy atom. The molecule has 0 aliphatic carbocycles. The van der Waals surface area contributed by atoms with Crippen LogP contribution < -0.4 is 21.9 Å². The lowest BCUT2D eigenvalue weighted by molar-refractivity contribution is -0.166. The number of ether oxygens (including phenoxy) is 1. The Bertz CT molecular complexity index is 356. The molecule has 1 amide bonds. The molecule has 122 valence electrons. The van der Waals surface area contributed by atoms with Crippen molar-refractivity contribution >= 4 is 18.2 Å². The molecule has 0 saturated heterocycles. The van der Waals surface area contributed by atoms with Gasteiger partial charge in [-0.25, -0.2) is 16.5 Å². The summed E-state index contributed by atoms with van der Waals surface area (Å²) in [6, 6.07) is 0. The predicted molar refractivity (Wildman–Crippen MR) is 78.3 cm³/mol. The lowest BCUT2D eigenvalue weighted by atomic mass is 10.2. The molecule has 0 aromatic heterocycles. The van der Waals surface area contributed by atoms with Gasteiger partial charge in [-0.15, -0.1) is 0 Å². The molecule has 0 aliphatic rings. The van der Waals surface area contributed by atoms with E-state index in [0.717, 1.165) is 5.01 Å². The number of hydrogen-bond acceptors (Lipinski definition) is 7. The van der Waals surface area contributed by atoms with Gasteiger partial charge in [-0.05, 0) is 34.0 Å². The highest BCUT2D eigenvalue weighted by Gasteiger charge is 2.29. The zero-order chi connectivity index (χ0) is 16.3. The monoisotopic (exact) mass is 302 g/mol. The zero-order valence-electron chi connectivity index (χ0n) is 12.6. The maximum Gasteiger partial charge on any atom is 0.324 e. The van der Waals surface area contributed by atoms with Crippen LogP contribution in [0.5, 0.6) is 0 Å². The van der Waals surface area contributed by atoms with E-state index in [9.17, 15) is 9.59 Å². The van der Waals surface area contributed by atoms with E-state index in [1.807, 2.05) is 0 Å². The third-order valence-corrected chi connectivity index (χ3v) is 2.66. The summed E-state index contributed by atoms with van der Waals surface area (Å²) >= 11 is 0. The van der Waals surface area contributed by atoms with Crippen LogP contribution >= 0.6 is 0 Å². The number of hydrogen-bond donors (Lipinski definition) is 4. The minimum Gasteiger partial charge on any atom is -0.581 e. The quantitative estimate of drug-likeness (QED) is 0.0774. The molecule has 0 radical (unpaired) electrons. The van der Waals surface area contributed by atoms with Crippen molar-refractivity contribution in [2.75, 3.05) is 21.1 Å². The second-order valence-electron chi connectivity index (χ2n) is 4.20. The molecule has 21 heavy (non-hydrogen) atoms. The lowest BCUT2D eigenvalue weighted by Crippen LogP contribution is -2.56. The third kappa shape index (κ3) is 7.56. The molecule has 0 saturated carbocycles. The van der Waals surface area contributed by atoms with Crippen LogP contribution in [0, 0.1) is 0 Å². The Morgan fingerprint density at radius 1 is 1.33 bits per heavy atom. The van der Waals surface area contributed by atoms with Crippen molar-refractivity contribution in [2.45, 2.75) is 31.7 Å². The molecule has 0 bridgehead atoms. The lowest BCUT2D eigenvalue weighted by Gasteiger charge is -2.27. The van der Waals surface area contributed by atoms with Gasteiger partial charge >= 0.3 is 11.9 Å². The van der Waals surface area contributed by atoms with Gasteiger partial charge in [0.2, 0.25) is 5.91 Å². The van der Waals surface area contributed by atoms with Gasteiger partial charge in [0.25, 0.3) is 0 Å². The van der Waals surface area contributed by atoms with Crippen molar-refractivity contribution in [1.29, 1.82) is 0 Å². The van der Waals surface area contributed by atoms with E-state index in [0.29, 0.717) is 12.8 Å². The average molecular weight is 302 g/mol. The Balaban J connectivity index is 4.21. The molecule has 6 N–H and O–H groups in total. The van der Waals surface area contributed by atoms with E-state index in [1.54, 1.807) is 14.1 Å². The number of rotatable bonds is 10. The Kier molecular flexibility index (Phi) is 9.21. The van der Waals surface area contributed by atoms with Crippen LogP contribution in [0.25, 0.3) is 5.84 Å². The second-order valence-corrected chi connectivity index (χ2v) is 4.20. The molecule has 0 spiro atoms. The first-order valence-corrected chi connectivity index (χ1v) is 6.48. The normalized spacial score (nSPS) is 11.5. The standard InChI is InChI=1S/C11H24N7O3/c1-14-11(15-2,16-8-17-12)21-10(20)7-5-4-6-9(19)18(3)13/h8,13-15H,4-7,12H2,1-3H3,(H,16,17)/q-1. The summed E-state index contributed by atoms with van der Waals surface area (Å²) in [4.78, 5) is 26.9. The number of carbonyl (C=O) groups excluding carboxylic acids is 2. The first-order valence-electron chi connectivity index (χ1n) is 6.48. The molecule has 0 atom stereocenters. The molecule has 0 fully saturated rings.